The zero-order chi connectivity index (χ0) is 20.4. The van der Waals surface area contributed by atoms with Crippen LogP contribution in [0.25, 0.3) is 6.08 Å². The van der Waals surface area contributed by atoms with E-state index in [1.807, 2.05) is 6.07 Å². The molecule has 0 bridgehead atoms. The van der Waals surface area contributed by atoms with Crippen molar-refractivity contribution in [3.63, 3.8) is 0 Å². The Morgan fingerprint density at radius 2 is 2.00 bits per heavy atom. The highest BCUT2D eigenvalue weighted by atomic mass is 127. The van der Waals surface area contributed by atoms with Gasteiger partial charge in [-0.1, -0.05) is 37.6 Å². The number of ether oxygens (including phenoxy) is 1. The molecule has 1 rings (SSSR count). The maximum absolute atomic E-state index is 10.5. The number of hydrogen-bond donors (Lipinski definition) is 4. The topological polar surface area (TPSA) is 90.2 Å². The Morgan fingerprint density at radius 1 is 1.30 bits per heavy atom. The molecule has 0 amide bonds. The fraction of sp³-hybridized carbons (Fsp3) is 0.429. The Bertz CT molecular complexity index is 694. The highest BCUT2D eigenvalue weighted by Gasteiger charge is 2.14. The summed E-state index contributed by atoms with van der Waals surface area (Å²) in [4.78, 5) is 0. The SMILES string of the molecule is C=C(CO)/C(=C/CO)C(O)CC/C(=C/c1cc(I)c(O)c(OC)c1)CCC. The Morgan fingerprint density at radius 3 is 2.56 bits per heavy atom. The number of phenols is 1. The Labute approximate surface area is 174 Å². The average Bonchev–Trinajstić information content (AvgIpc) is 2.66. The fourth-order valence-electron chi connectivity index (χ4n) is 2.84. The van der Waals surface area contributed by atoms with Crippen LogP contribution in [0.5, 0.6) is 11.5 Å². The maximum Gasteiger partial charge on any atom is 0.171 e. The maximum atomic E-state index is 10.5. The molecule has 0 aliphatic carbocycles. The Kier molecular flexibility index (Phi) is 10.7. The Balaban J connectivity index is 2.99. The first-order valence-corrected chi connectivity index (χ1v) is 9.99. The molecule has 0 aliphatic rings. The van der Waals surface area contributed by atoms with Crippen LogP contribution in [-0.4, -0.2) is 46.9 Å². The second-order valence-electron chi connectivity index (χ2n) is 6.26. The molecule has 1 atom stereocenters. The van der Waals surface area contributed by atoms with Gasteiger partial charge in [-0.3, -0.25) is 0 Å². The van der Waals surface area contributed by atoms with E-state index in [1.54, 1.807) is 6.07 Å². The summed E-state index contributed by atoms with van der Waals surface area (Å²) in [5, 5.41) is 38.8. The molecule has 6 heteroatoms. The van der Waals surface area contributed by atoms with Gasteiger partial charge in [-0.25, -0.2) is 0 Å². The standard InChI is InChI=1S/C21H29IO5/c1-4-5-15(6-7-19(25)17(8-9-23)14(2)13-24)10-16-11-18(22)21(26)20(12-16)27-3/h8,10-12,19,23-26H,2,4-7,9,13H2,1,3H3/b15-10+,17-8-. The van der Waals surface area contributed by atoms with Crippen molar-refractivity contribution in [2.24, 2.45) is 0 Å². The molecule has 0 saturated heterocycles. The van der Waals surface area contributed by atoms with Gasteiger partial charge in [0.1, 0.15) is 0 Å². The summed E-state index contributed by atoms with van der Waals surface area (Å²) >= 11 is 2.06. The molecular formula is C21H29IO5. The van der Waals surface area contributed by atoms with E-state index in [1.165, 1.54) is 13.2 Å². The lowest BCUT2D eigenvalue weighted by Gasteiger charge is -2.17. The summed E-state index contributed by atoms with van der Waals surface area (Å²) in [7, 11) is 1.52. The molecule has 4 N–H and O–H groups in total. The van der Waals surface area contributed by atoms with Gasteiger partial charge in [-0.15, -0.1) is 0 Å². The predicted molar refractivity (Wildman–Crippen MR) is 117 cm³/mol. The minimum atomic E-state index is -0.799. The van der Waals surface area contributed by atoms with E-state index in [9.17, 15) is 15.3 Å². The van der Waals surface area contributed by atoms with Crippen LogP contribution in [0.15, 0.2) is 41.5 Å². The monoisotopic (exact) mass is 488 g/mol. The van der Waals surface area contributed by atoms with Gasteiger partial charge >= 0.3 is 0 Å². The first-order valence-electron chi connectivity index (χ1n) is 8.91. The second kappa shape index (κ2) is 12.2. The quantitative estimate of drug-likeness (QED) is 0.281. The van der Waals surface area contributed by atoms with Crippen LogP contribution in [0.1, 0.15) is 38.2 Å². The van der Waals surface area contributed by atoms with Gasteiger partial charge in [0.05, 0.1) is 30.0 Å². The molecule has 0 radical (unpaired) electrons. The van der Waals surface area contributed by atoms with E-state index in [-0.39, 0.29) is 19.0 Å². The molecule has 1 aromatic carbocycles. The molecule has 0 spiro atoms. The van der Waals surface area contributed by atoms with Crippen molar-refractivity contribution in [2.45, 2.75) is 38.7 Å². The molecule has 1 aromatic rings. The minimum Gasteiger partial charge on any atom is -0.504 e. The first kappa shape index (κ1) is 23.7. The van der Waals surface area contributed by atoms with Crippen LogP contribution in [0.3, 0.4) is 0 Å². The van der Waals surface area contributed by atoms with Gasteiger partial charge in [0.25, 0.3) is 0 Å². The number of benzene rings is 1. The van der Waals surface area contributed by atoms with Crippen LogP contribution in [0.4, 0.5) is 0 Å². The normalized spacial score (nSPS) is 13.6. The summed E-state index contributed by atoms with van der Waals surface area (Å²) in [6.45, 7) is 5.36. The zero-order valence-corrected chi connectivity index (χ0v) is 18.1. The molecule has 0 aromatic heterocycles. The minimum absolute atomic E-state index is 0.129. The second-order valence-corrected chi connectivity index (χ2v) is 7.43. The van der Waals surface area contributed by atoms with Crippen LogP contribution in [0.2, 0.25) is 0 Å². The van der Waals surface area contributed by atoms with Crippen LogP contribution in [0, 0.1) is 3.57 Å². The summed E-state index contributed by atoms with van der Waals surface area (Å²) in [5.41, 5.74) is 2.99. The largest absolute Gasteiger partial charge is 0.504 e. The van der Waals surface area contributed by atoms with Gasteiger partial charge in [-0.05, 0) is 70.7 Å². The first-order chi connectivity index (χ1) is 12.9. The number of phenolic OH excluding ortho intramolecular Hbond substituents is 1. The lowest BCUT2D eigenvalue weighted by molar-refractivity contribution is 0.197. The van der Waals surface area contributed by atoms with E-state index < -0.39 is 6.10 Å². The van der Waals surface area contributed by atoms with Crippen molar-refractivity contribution >= 4 is 28.7 Å². The number of methoxy groups -OCH3 is 1. The third kappa shape index (κ3) is 7.29. The number of rotatable bonds is 11. The van der Waals surface area contributed by atoms with Gasteiger partial charge in [-0.2, -0.15) is 0 Å². The summed E-state index contributed by atoms with van der Waals surface area (Å²) in [6.07, 6.45) is 5.71. The Hall–Kier alpha value is -1.35. The molecule has 27 heavy (non-hydrogen) atoms. The van der Waals surface area contributed by atoms with Gasteiger partial charge in [0.2, 0.25) is 0 Å². The van der Waals surface area contributed by atoms with Crippen LogP contribution < -0.4 is 4.74 Å². The third-order valence-corrected chi connectivity index (χ3v) is 5.04. The third-order valence-electron chi connectivity index (χ3n) is 4.22. The lowest BCUT2D eigenvalue weighted by Crippen LogP contribution is -2.14. The predicted octanol–water partition coefficient (Wildman–Crippen LogP) is 3.80. The smallest absolute Gasteiger partial charge is 0.171 e. The number of halogens is 1. The molecule has 5 nitrogen and oxygen atoms in total. The van der Waals surface area contributed by atoms with Crippen molar-refractivity contribution in [2.75, 3.05) is 20.3 Å². The molecule has 0 aliphatic heterocycles. The van der Waals surface area contributed by atoms with E-state index >= 15 is 0 Å². The molecule has 150 valence electrons. The molecule has 0 saturated carbocycles. The van der Waals surface area contributed by atoms with Gasteiger partial charge in [0.15, 0.2) is 11.5 Å². The van der Waals surface area contributed by atoms with E-state index in [0.717, 1.165) is 24.0 Å². The van der Waals surface area contributed by atoms with Crippen LogP contribution >= 0.6 is 22.6 Å². The lowest BCUT2D eigenvalue weighted by atomic mass is 9.94. The highest BCUT2D eigenvalue weighted by Crippen LogP contribution is 2.33. The summed E-state index contributed by atoms with van der Waals surface area (Å²) in [5.74, 6) is 0.556. The molecule has 0 heterocycles. The fourth-order valence-corrected chi connectivity index (χ4v) is 3.47. The number of aliphatic hydroxyl groups is 3. The average molecular weight is 488 g/mol. The van der Waals surface area contributed by atoms with E-state index in [0.29, 0.717) is 33.3 Å². The van der Waals surface area contributed by atoms with E-state index in [2.05, 4.69) is 42.2 Å². The zero-order valence-electron chi connectivity index (χ0n) is 15.9. The van der Waals surface area contributed by atoms with Crippen LogP contribution in [-0.2, 0) is 0 Å². The van der Waals surface area contributed by atoms with Crippen molar-refractivity contribution < 1.29 is 25.2 Å². The van der Waals surface area contributed by atoms with Crippen molar-refractivity contribution in [1.82, 2.24) is 0 Å². The highest BCUT2D eigenvalue weighted by molar-refractivity contribution is 14.1. The molecule has 1 unspecified atom stereocenters. The van der Waals surface area contributed by atoms with Gasteiger partial charge in [0, 0.05) is 0 Å². The number of allylic oxidation sites excluding steroid dienone is 1. The summed E-state index contributed by atoms with van der Waals surface area (Å²) in [6, 6.07) is 3.67. The number of hydrogen-bond acceptors (Lipinski definition) is 5. The number of aromatic hydroxyl groups is 1. The van der Waals surface area contributed by atoms with E-state index in [4.69, 9.17) is 9.84 Å². The van der Waals surface area contributed by atoms with Crippen molar-refractivity contribution in [3.05, 3.63) is 50.6 Å². The molecule has 0 fully saturated rings. The van der Waals surface area contributed by atoms with Crippen molar-refractivity contribution in [1.29, 1.82) is 0 Å². The summed E-state index contributed by atoms with van der Waals surface area (Å²) < 4.78 is 5.92. The molecular weight excluding hydrogens is 459 g/mol. The van der Waals surface area contributed by atoms with Gasteiger partial charge < -0.3 is 25.2 Å². The van der Waals surface area contributed by atoms with Crippen molar-refractivity contribution in [3.8, 4) is 11.5 Å². The number of aliphatic hydroxyl groups excluding tert-OH is 3.